The van der Waals surface area contributed by atoms with Gasteiger partial charge >= 0.3 is 0 Å². The van der Waals surface area contributed by atoms with Gasteiger partial charge in [-0.2, -0.15) is 0 Å². The summed E-state index contributed by atoms with van der Waals surface area (Å²) in [6.07, 6.45) is 0. The van der Waals surface area contributed by atoms with Crippen LogP contribution in [0.15, 0.2) is 224 Å². The molecule has 0 aliphatic heterocycles. The Labute approximate surface area is 357 Å². The fourth-order valence-corrected chi connectivity index (χ4v) is 9.84. The molecule has 0 radical (unpaired) electrons. The molecule has 0 bridgehead atoms. The highest BCUT2D eigenvalue weighted by molar-refractivity contribution is 6.12. The minimum atomic E-state index is 0.866. The first kappa shape index (κ1) is 34.5. The molecular formula is C57H37N5. The average Bonchev–Trinajstić information content (AvgIpc) is 4.08. The lowest BCUT2D eigenvalue weighted by molar-refractivity contribution is 1.10. The summed E-state index contributed by atoms with van der Waals surface area (Å²) in [5.74, 6) is 0.866. The van der Waals surface area contributed by atoms with Gasteiger partial charge in [0.25, 0.3) is 0 Å². The van der Waals surface area contributed by atoms with Gasteiger partial charge in [-0.25, -0.2) is 4.98 Å². The smallest absolute Gasteiger partial charge is 0.220 e. The van der Waals surface area contributed by atoms with Crippen molar-refractivity contribution in [3.8, 4) is 50.7 Å². The Morgan fingerprint density at radius 1 is 0.274 bits per heavy atom. The van der Waals surface area contributed by atoms with E-state index in [0.717, 1.165) is 67.5 Å². The van der Waals surface area contributed by atoms with Crippen LogP contribution in [0.25, 0.3) is 111 Å². The van der Waals surface area contributed by atoms with Gasteiger partial charge in [0.2, 0.25) is 5.78 Å². The van der Waals surface area contributed by atoms with Crippen LogP contribution in [0.1, 0.15) is 0 Å². The summed E-state index contributed by atoms with van der Waals surface area (Å²) in [6.45, 7) is 0. The van der Waals surface area contributed by atoms with E-state index in [2.05, 4.69) is 243 Å². The Kier molecular flexibility index (Phi) is 7.54. The van der Waals surface area contributed by atoms with Crippen LogP contribution >= 0.6 is 0 Å². The minimum absolute atomic E-state index is 0.866. The van der Waals surface area contributed by atoms with E-state index in [1.165, 1.54) is 43.6 Å². The summed E-state index contributed by atoms with van der Waals surface area (Å²) in [5.41, 5.74) is 16.8. The van der Waals surface area contributed by atoms with Crippen LogP contribution in [-0.2, 0) is 0 Å². The quantitative estimate of drug-likeness (QED) is 0.165. The number of hydrogen-bond acceptors (Lipinski definition) is 1. The maximum atomic E-state index is 5.65. The number of imidazole rings is 2. The predicted molar refractivity (Wildman–Crippen MR) is 257 cm³/mol. The number of aromatic nitrogens is 5. The highest BCUT2D eigenvalue weighted by Crippen LogP contribution is 2.42. The molecule has 290 valence electrons. The lowest BCUT2D eigenvalue weighted by Crippen LogP contribution is -1.95. The van der Waals surface area contributed by atoms with Gasteiger partial charge in [0, 0.05) is 49.7 Å². The third-order valence-corrected chi connectivity index (χ3v) is 12.6. The monoisotopic (exact) mass is 791 g/mol. The molecule has 4 aromatic heterocycles. The zero-order chi connectivity index (χ0) is 40.7. The van der Waals surface area contributed by atoms with Crippen molar-refractivity contribution in [3.63, 3.8) is 0 Å². The minimum Gasteiger partial charge on any atom is -0.309 e. The zero-order valence-electron chi connectivity index (χ0n) is 33.6. The van der Waals surface area contributed by atoms with Gasteiger partial charge in [-0.05, 0) is 96.1 Å². The lowest BCUT2D eigenvalue weighted by atomic mass is 10.0. The molecule has 13 aromatic rings. The first-order valence-corrected chi connectivity index (χ1v) is 21.1. The molecule has 0 aliphatic carbocycles. The number of hydrogen-bond donors (Lipinski definition) is 0. The van der Waals surface area contributed by atoms with Crippen molar-refractivity contribution in [2.24, 2.45) is 0 Å². The molecule has 0 saturated heterocycles. The van der Waals surface area contributed by atoms with Crippen molar-refractivity contribution < 1.29 is 0 Å². The Balaban J connectivity index is 1.07. The summed E-state index contributed by atoms with van der Waals surface area (Å²) >= 11 is 0. The van der Waals surface area contributed by atoms with E-state index in [0.29, 0.717) is 0 Å². The molecule has 0 amide bonds. The van der Waals surface area contributed by atoms with E-state index in [-0.39, 0.29) is 0 Å². The number of benzene rings is 9. The number of fused-ring (bicyclic) bond motifs is 9. The molecule has 5 heteroatoms. The fourth-order valence-electron chi connectivity index (χ4n) is 9.84. The van der Waals surface area contributed by atoms with Crippen LogP contribution in [-0.4, -0.2) is 23.1 Å². The molecule has 5 nitrogen and oxygen atoms in total. The fraction of sp³-hybridized carbons (Fsp3) is 0. The largest absolute Gasteiger partial charge is 0.309 e. The topological polar surface area (TPSA) is 32.1 Å². The van der Waals surface area contributed by atoms with Gasteiger partial charge < -0.3 is 9.13 Å². The normalized spacial score (nSPS) is 11.9. The van der Waals surface area contributed by atoms with E-state index in [1.807, 2.05) is 0 Å². The van der Waals surface area contributed by atoms with Gasteiger partial charge in [-0.1, -0.05) is 140 Å². The number of nitrogens with zero attached hydrogens (tertiary/aromatic N) is 5. The molecule has 13 rings (SSSR count). The van der Waals surface area contributed by atoms with Crippen molar-refractivity contribution in [1.29, 1.82) is 0 Å². The first-order valence-electron chi connectivity index (χ1n) is 21.1. The van der Waals surface area contributed by atoms with Crippen LogP contribution in [0.5, 0.6) is 0 Å². The maximum Gasteiger partial charge on any atom is 0.220 e. The van der Waals surface area contributed by atoms with Crippen LogP contribution in [0.2, 0.25) is 0 Å². The van der Waals surface area contributed by atoms with E-state index < -0.39 is 0 Å². The summed E-state index contributed by atoms with van der Waals surface area (Å²) < 4.78 is 9.43. The number of rotatable bonds is 6. The van der Waals surface area contributed by atoms with Gasteiger partial charge in [0.15, 0.2) is 0 Å². The average molecular weight is 792 g/mol. The molecular weight excluding hydrogens is 755 g/mol. The van der Waals surface area contributed by atoms with Crippen LogP contribution in [0, 0.1) is 0 Å². The summed E-state index contributed by atoms with van der Waals surface area (Å²) in [5, 5.41) is 4.88. The molecule has 4 heterocycles. The van der Waals surface area contributed by atoms with E-state index in [4.69, 9.17) is 4.98 Å². The molecule has 62 heavy (non-hydrogen) atoms. The van der Waals surface area contributed by atoms with Crippen molar-refractivity contribution >= 4 is 60.4 Å². The van der Waals surface area contributed by atoms with Crippen LogP contribution < -0.4 is 0 Å². The van der Waals surface area contributed by atoms with E-state index in [9.17, 15) is 0 Å². The Hall–Kier alpha value is -8.41. The number of para-hydroxylation sites is 5. The van der Waals surface area contributed by atoms with Gasteiger partial charge in [0.05, 0.1) is 44.5 Å². The van der Waals surface area contributed by atoms with Crippen molar-refractivity contribution in [3.05, 3.63) is 224 Å². The Morgan fingerprint density at radius 2 is 0.694 bits per heavy atom. The molecule has 0 N–H and O–H groups in total. The van der Waals surface area contributed by atoms with Crippen molar-refractivity contribution in [2.75, 3.05) is 0 Å². The van der Waals surface area contributed by atoms with E-state index in [1.54, 1.807) is 0 Å². The second-order valence-corrected chi connectivity index (χ2v) is 16.0. The molecule has 0 aliphatic rings. The first-order chi connectivity index (χ1) is 30.8. The molecule has 0 spiro atoms. The maximum absolute atomic E-state index is 5.65. The van der Waals surface area contributed by atoms with Crippen molar-refractivity contribution in [1.82, 2.24) is 23.1 Å². The SMILES string of the molecule is c1ccc(-c2c(-c3ccc4c(c3)c3ccccc3n4-c3ccccc3)nc3n(-c4ccccc4)c4ccc(-c5ccc6c(c5)c5ccccc5n6-c5ccccc5)cc4n23)cc1. The van der Waals surface area contributed by atoms with Gasteiger partial charge in [0.1, 0.15) is 0 Å². The van der Waals surface area contributed by atoms with Crippen LogP contribution in [0.4, 0.5) is 0 Å². The molecule has 0 unspecified atom stereocenters. The van der Waals surface area contributed by atoms with Gasteiger partial charge in [-0.3, -0.25) is 8.97 Å². The summed E-state index contributed by atoms with van der Waals surface area (Å²) in [7, 11) is 0. The molecule has 0 fully saturated rings. The Morgan fingerprint density at radius 3 is 1.26 bits per heavy atom. The highest BCUT2D eigenvalue weighted by atomic mass is 15.2. The zero-order valence-corrected chi connectivity index (χ0v) is 33.6. The van der Waals surface area contributed by atoms with Gasteiger partial charge in [-0.15, -0.1) is 0 Å². The summed E-state index contributed by atoms with van der Waals surface area (Å²) in [4.78, 5) is 5.65. The summed E-state index contributed by atoms with van der Waals surface area (Å²) in [6, 6.07) is 80.7. The lowest BCUT2D eigenvalue weighted by Gasteiger charge is -2.10. The van der Waals surface area contributed by atoms with Crippen LogP contribution in [0.3, 0.4) is 0 Å². The standard InChI is InChI=1S/C57H37N5/c1-5-17-38(18-6-1)56-55(41-31-33-52-48(36-41)46-26-14-16-28-50(46)60(52)43-21-9-3-10-22-43)58-57-61(44-23-11-4-12-24-44)53-34-30-40(37-54(53)62(56)57)39-29-32-51-47(35-39)45-25-13-15-27-49(45)59(51)42-19-7-2-8-20-42/h1-37H. The molecule has 0 atom stereocenters. The second-order valence-electron chi connectivity index (χ2n) is 16.0. The Bertz CT molecular complexity index is 3830. The third-order valence-electron chi connectivity index (χ3n) is 12.6. The predicted octanol–water partition coefficient (Wildman–Crippen LogP) is 14.5. The van der Waals surface area contributed by atoms with E-state index >= 15 is 0 Å². The molecule has 0 saturated carbocycles. The molecule has 9 aromatic carbocycles. The second kappa shape index (κ2) is 13.6. The highest BCUT2D eigenvalue weighted by Gasteiger charge is 2.25. The van der Waals surface area contributed by atoms with Crippen molar-refractivity contribution in [2.45, 2.75) is 0 Å². The third kappa shape index (κ3) is 5.12.